The average molecular weight is 315 g/mol. The van der Waals surface area contributed by atoms with Gasteiger partial charge in [-0.1, -0.05) is 12.1 Å². The van der Waals surface area contributed by atoms with Crippen LogP contribution < -0.4 is 15.0 Å². The van der Waals surface area contributed by atoms with Gasteiger partial charge in [-0.25, -0.2) is 14.7 Å². The molecule has 5 nitrogen and oxygen atoms in total. The van der Waals surface area contributed by atoms with Gasteiger partial charge in [0.15, 0.2) is 0 Å². The van der Waals surface area contributed by atoms with Crippen LogP contribution in [-0.2, 0) is 4.84 Å². The van der Waals surface area contributed by atoms with Gasteiger partial charge in [-0.15, -0.1) is 0 Å². The molecule has 1 N–H and O–H groups in total. The molecule has 6 heteroatoms. The second-order valence-corrected chi connectivity index (χ2v) is 4.76. The van der Waals surface area contributed by atoms with Crippen molar-refractivity contribution in [2.24, 2.45) is 0 Å². The summed E-state index contributed by atoms with van der Waals surface area (Å²) >= 11 is 0. The maximum Gasteiger partial charge on any atom is 0.365 e. The minimum absolute atomic E-state index is 0.136. The molecule has 0 unspecified atom stereocenters. The van der Waals surface area contributed by atoms with Crippen LogP contribution in [0.15, 0.2) is 48.5 Å². The van der Waals surface area contributed by atoms with Gasteiger partial charge in [-0.3, -0.25) is 0 Å². The minimum Gasteiger partial charge on any atom is -0.497 e. The fourth-order valence-electron chi connectivity index (χ4n) is 2.18. The maximum atomic E-state index is 13.6. The molecule has 3 rings (SSSR count). The molecule has 0 saturated carbocycles. The van der Waals surface area contributed by atoms with Crippen molar-refractivity contribution in [1.29, 1.82) is 0 Å². The van der Waals surface area contributed by atoms with Gasteiger partial charge in [0.2, 0.25) is 0 Å². The summed E-state index contributed by atoms with van der Waals surface area (Å²) in [6.45, 7) is 0.319. The van der Waals surface area contributed by atoms with Crippen molar-refractivity contribution < 1.29 is 23.5 Å². The molecular formula is C17H14FNO4. The molecular weight excluding hydrogens is 301 g/mol. The number of rotatable bonds is 4. The van der Waals surface area contributed by atoms with Gasteiger partial charge in [0.1, 0.15) is 23.9 Å². The molecule has 0 bridgehead atoms. The Morgan fingerprint density at radius 2 is 2.09 bits per heavy atom. The number of carbonyl (C=O) groups is 1. The van der Waals surface area contributed by atoms with E-state index in [2.05, 4.69) is 5.48 Å². The van der Waals surface area contributed by atoms with Crippen LogP contribution in [0.2, 0.25) is 0 Å². The lowest BCUT2D eigenvalue weighted by atomic mass is 10.1. The number of halogens is 1. The number of nitrogens with one attached hydrogen (secondary N) is 1. The Kier molecular flexibility index (Phi) is 4.14. The van der Waals surface area contributed by atoms with Crippen LogP contribution in [0.3, 0.4) is 0 Å². The maximum absolute atomic E-state index is 13.6. The molecule has 0 radical (unpaired) electrons. The molecule has 2 aromatic carbocycles. The van der Waals surface area contributed by atoms with E-state index in [0.29, 0.717) is 23.8 Å². The van der Waals surface area contributed by atoms with E-state index in [9.17, 15) is 9.18 Å². The van der Waals surface area contributed by atoms with E-state index < -0.39 is 11.8 Å². The Balaban J connectivity index is 1.74. The zero-order valence-electron chi connectivity index (χ0n) is 12.3. The van der Waals surface area contributed by atoms with Crippen LogP contribution in [0.5, 0.6) is 11.5 Å². The second-order valence-electron chi connectivity index (χ2n) is 4.76. The number of hydroxylamine groups is 1. The van der Waals surface area contributed by atoms with E-state index in [1.165, 1.54) is 18.2 Å². The zero-order chi connectivity index (χ0) is 16.2. The van der Waals surface area contributed by atoms with E-state index in [4.69, 9.17) is 14.3 Å². The van der Waals surface area contributed by atoms with Crippen molar-refractivity contribution in [1.82, 2.24) is 5.48 Å². The number of fused-ring (bicyclic) bond motifs is 1. The summed E-state index contributed by atoms with van der Waals surface area (Å²) in [6.07, 6.45) is 1.73. The lowest BCUT2D eigenvalue weighted by molar-refractivity contribution is 0.0361. The van der Waals surface area contributed by atoms with Gasteiger partial charge >= 0.3 is 5.97 Å². The highest BCUT2D eigenvalue weighted by Crippen LogP contribution is 2.31. The van der Waals surface area contributed by atoms with Crippen molar-refractivity contribution in [3.63, 3.8) is 0 Å². The summed E-state index contributed by atoms with van der Waals surface area (Å²) in [6, 6.07) is 10.9. The van der Waals surface area contributed by atoms with Crippen LogP contribution in [0, 0.1) is 5.82 Å². The first-order valence-corrected chi connectivity index (χ1v) is 6.92. The predicted molar refractivity (Wildman–Crippen MR) is 81.4 cm³/mol. The van der Waals surface area contributed by atoms with Crippen LogP contribution in [0.4, 0.5) is 4.39 Å². The molecule has 0 aliphatic carbocycles. The molecule has 118 valence electrons. The highest BCUT2D eigenvalue weighted by atomic mass is 19.1. The quantitative estimate of drug-likeness (QED) is 0.879. The summed E-state index contributed by atoms with van der Waals surface area (Å²) in [5, 5.41) is 0. The zero-order valence-corrected chi connectivity index (χ0v) is 12.3. The van der Waals surface area contributed by atoms with Crippen molar-refractivity contribution >= 4 is 11.7 Å². The normalized spacial score (nSPS) is 12.5. The molecule has 0 aromatic heterocycles. The molecule has 0 saturated heterocycles. The summed E-state index contributed by atoms with van der Waals surface area (Å²) in [5.74, 6) is -0.166. The van der Waals surface area contributed by atoms with E-state index in [1.807, 2.05) is 0 Å². The summed E-state index contributed by atoms with van der Waals surface area (Å²) in [7, 11) is 1.57. The molecule has 23 heavy (non-hydrogen) atoms. The van der Waals surface area contributed by atoms with Gasteiger partial charge < -0.3 is 14.3 Å². The van der Waals surface area contributed by atoms with Gasteiger partial charge in [0.05, 0.1) is 18.4 Å². The number of methoxy groups -OCH3 is 1. The van der Waals surface area contributed by atoms with Crippen LogP contribution in [0.1, 0.15) is 15.9 Å². The lowest BCUT2D eigenvalue weighted by Gasteiger charge is -2.19. The van der Waals surface area contributed by atoms with Crippen molar-refractivity contribution in [2.45, 2.75) is 0 Å². The molecule has 0 spiro atoms. The summed E-state index contributed by atoms with van der Waals surface area (Å²) in [4.78, 5) is 16.9. The molecule has 0 amide bonds. The van der Waals surface area contributed by atoms with Crippen molar-refractivity contribution in [3.05, 3.63) is 65.5 Å². The Bertz CT molecular complexity index is 773. The Labute approximate surface area is 132 Å². The molecule has 1 aliphatic heterocycles. The van der Waals surface area contributed by atoms with E-state index >= 15 is 0 Å². The average Bonchev–Trinajstić information content (AvgIpc) is 2.59. The molecule has 0 atom stereocenters. The van der Waals surface area contributed by atoms with E-state index in [0.717, 1.165) is 5.56 Å². The van der Waals surface area contributed by atoms with Gasteiger partial charge in [0, 0.05) is 11.6 Å². The molecule has 1 heterocycles. The van der Waals surface area contributed by atoms with Crippen LogP contribution in [-0.4, -0.2) is 19.7 Å². The third-order valence-electron chi connectivity index (χ3n) is 3.35. The van der Waals surface area contributed by atoms with Crippen LogP contribution in [0.25, 0.3) is 5.70 Å². The SMILES string of the molecule is COc1ccc2c(c1)OCC=C2NOC(=O)c1ccccc1F. The lowest BCUT2D eigenvalue weighted by Crippen LogP contribution is -2.22. The molecule has 1 aliphatic rings. The standard InChI is InChI=1S/C17H14FNO4/c1-21-11-6-7-13-15(8-9-22-16(13)10-11)19-23-17(20)12-4-2-3-5-14(12)18/h2-8,10,19H,9H2,1H3. The highest BCUT2D eigenvalue weighted by Gasteiger charge is 2.18. The van der Waals surface area contributed by atoms with Crippen LogP contribution >= 0.6 is 0 Å². The smallest absolute Gasteiger partial charge is 0.365 e. The first kappa shape index (κ1) is 14.9. The summed E-state index contributed by atoms with van der Waals surface area (Å²) < 4.78 is 24.2. The fourth-order valence-corrected chi connectivity index (χ4v) is 2.18. The van der Waals surface area contributed by atoms with Gasteiger partial charge in [-0.2, -0.15) is 0 Å². The molecule has 2 aromatic rings. The third-order valence-corrected chi connectivity index (χ3v) is 3.35. The molecule has 0 fully saturated rings. The first-order valence-electron chi connectivity index (χ1n) is 6.92. The second kappa shape index (κ2) is 6.39. The topological polar surface area (TPSA) is 56.8 Å². The monoisotopic (exact) mass is 315 g/mol. The number of hydrogen-bond acceptors (Lipinski definition) is 5. The Morgan fingerprint density at radius 1 is 1.26 bits per heavy atom. The first-order chi connectivity index (χ1) is 11.2. The van der Waals surface area contributed by atoms with Crippen molar-refractivity contribution in [3.8, 4) is 11.5 Å². The fraction of sp³-hybridized carbons (Fsp3) is 0.118. The minimum atomic E-state index is -0.800. The van der Waals surface area contributed by atoms with Gasteiger partial charge in [-0.05, 0) is 30.3 Å². The third kappa shape index (κ3) is 3.11. The number of carbonyl (C=O) groups excluding carboxylic acids is 1. The van der Waals surface area contributed by atoms with Crippen molar-refractivity contribution in [2.75, 3.05) is 13.7 Å². The number of benzene rings is 2. The summed E-state index contributed by atoms with van der Waals surface area (Å²) in [5.41, 5.74) is 3.72. The number of ether oxygens (including phenoxy) is 2. The largest absolute Gasteiger partial charge is 0.497 e. The van der Waals surface area contributed by atoms with Gasteiger partial charge in [0.25, 0.3) is 0 Å². The predicted octanol–water partition coefficient (Wildman–Crippen LogP) is 2.93. The highest BCUT2D eigenvalue weighted by molar-refractivity contribution is 5.90. The van der Waals surface area contributed by atoms with E-state index in [1.54, 1.807) is 37.5 Å². The Hall–Kier alpha value is -3.02. The Morgan fingerprint density at radius 3 is 2.87 bits per heavy atom. The number of hydrogen-bond donors (Lipinski definition) is 1. The van der Waals surface area contributed by atoms with E-state index in [-0.39, 0.29) is 5.56 Å².